The maximum Gasteiger partial charge on any atom is 0.169 e. The zero-order valence-electron chi connectivity index (χ0n) is 10.7. The summed E-state index contributed by atoms with van der Waals surface area (Å²) >= 11 is 0. The predicted octanol–water partition coefficient (Wildman–Crippen LogP) is 3.22. The Morgan fingerprint density at radius 1 is 1.17 bits per heavy atom. The lowest BCUT2D eigenvalue weighted by Gasteiger charge is -2.12. The number of carbonyl (C=O) groups is 1. The molecule has 0 amide bonds. The number of hydrogen-bond donors (Lipinski definition) is 0. The standard InChI is InChI=1S/C14H17FO3/c1-17-12-7-10(11(15)8-13(12)18-2)14(16)9-5-3-4-6-9/h7-9H,3-6H2,1-2H3. The van der Waals surface area contributed by atoms with Crippen LogP contribution in [0.4, 0.5) is 4.39 Å². The number of benzene rings is 1. The summed E-state index contributed by atoms with van der Waals surface area (Å²) in [6, 6.07) is 2.65. The lowest BCUT2D eigenvalue weighted by atomic mass is 9.95. The molecule has 0 aliphatic heterocycles. The van der Waals surface area contributed by atoms with Crippen molar-refractivity contribution in [3.63, 3.8) is 0 Å². The van der Waals surface area contributed by atoms with Crippen LogP contribution in [0.25, 0.3) is 0 Å². The molecule has 0 saturated heterocycles. The van der Waals surface area contributed by atoms with Crippen molar-refractivity contribution in [2.24, 2.45) is 5.92 Å². The maximum absolute atomic E-state index is 13.9. The minimum absolute atomic E-state index is 0.0439. The molecule has 0 heterocycles. The van der Waals surface area contributed by atoms with Crippen LogP contribution < -0.4 is 9.47 Å². The van der Waals surface area contributed by atoms with Crippen LogP contribution in [0, 0.1) is 11.7 Å². The van der Waals surface area contributed by atoms with Crippen LogP contribution in [-0.2, 0) is 0 Å². The van der Waals surface area contributed by atoms with E-state index in [1.54, 1.807) is 0 Å². The van der Waals surface area contributed by atoms with Gasteiger partial charge in [0.25, 0.3) is 0 Å². The fourth-order valence-corrected chi connectivity index (χ4v) is 2.45. The first-order valence-electron chi connectivity index (χ1n) is 6.13. The first-order valence-corrected chi connectivity index (χ1v) is 6.13. The van der Waals surface area contributed by atoms with Gasteiger partial charge in [-0.3, -0.25) is 4.79 Å². The molecule has 98 valence electrons. The summed E-state index contributed by atoms with van der Waals surface area (Å²) in [5.41, 5.74) is 0.111. The molecule has 0 bridgehead atoms. The topological polar surface area (TPSA) is 35.5 Å². The van der Waals surface area contributed by atoms with Gasteiger partial charge in [0.05, 0.1) is 19.8 Å². The lowest BCUT2D eigenvalue weighted by Crippen LogP contribution is -2.13. The van der Waals surface area contributed by atoms with Crippen molar-refractivity contribution in [3.05, 3.63) is 23.5 Å². The van der Waals surface area contributed by atoms with Crippen LogP contribution in [0.5, 0.6) is 11.5 Å². The van der Waals surface area contributed by atoms with Crippen molar-refractivity contribution >= 4 is 5.78 Å². The summed E-state index contributed by atoms with van der Waals surface area (Å²) in [5, 5.41) is 0. The minimum Gasteiger partial charge on any atom is -0.493 e. The molecule has 1 aromatic rings. The molecule has 1 aliphatic carbocycles. The Bertz CT molecular complexity index is 451. The molecule has 2 rings (SSSR count). The van der Waals surface area contributed by atoms with E-state index in [0.29, 0.717) is 11.5 Å². The van der Waals surface area contributed by atoms with E-state index in [1.165, 1.54) is 26.4 Å². The van der Waals surface area contributed by atoms with Crippen LogP contribution in [0.1, 0.15) is 36.0 Å². The molecular formula is C14H17FO3. The first kappa shape index (κ1) is 12.9. The Hall–Kier alpha value is -1.58. The molecule has 4 heteroatoms. The number of ketones is 1. The van der Waals surface area contributed by atoms with Crippen LogP contribution in [0.2, 0.25) is 0 Å². The third-order valence-electron chi connectivity index (χ3n) is 3.46. The average molecular weight is 252 g/mol. The van der Waals surface area contributed by atoms with Gasteiger partial charge < -0.3 is 9.47 Å². The molecule has 0 radical (unpaired) electrons. The van der Waals surface area contributed by atoms with Gasteiger partial charge in [-0.1, -0.05) is 12.8 Å². The molecule has 1 aliphatic rings. The van der Waals surface area contributed by atoms with Gasteiger partial charge in [-0.15, -0.1) is 0 Å². The van der Waals surface area contributed by atoms with E-state index in [2.05, 4.69) is 0 Å². The zero-order valence-corrected chi connectivity index (χ0v) is 10.7. The van der Waals surface area contributed by atoms with Gasteiger partial charge >= 0.3 is 0 Å². The fraction of sp³-hybridized carbons (Fsp3) is 0.500. The van der Waals surface area contributed by atoms with Crippen molar-refractivity contribution in [1.82, 2.24) is 0 Å². The van der Waals surface area contributed by atoms with E-state index in [1.807, 2.05) is 0 Å². The Labute approximate surface area is 106 Å². The van der Waals surface area contributed by atoms with Crippen molar-refractivity contribution in [3.8, 4) is 11.5 Å². The van der Waals surface area contributed by atoms with E-state index >= 15 is 0 Å². The van der Waals surface area contributed by atoms with Gasteiger partial charge in [0.2, 0.25) is 0 Å². The average Bonchev–Trinajstić information content (AvgIpc) is 2.91. The van der Waals surface area contributed by atoms with Crippen molar-refractivity contribution in [2.45, 2.75) is 25.7 Å². The van der Waals surface area contributed by atoms with E-state index in [9.17, 15) is 9.18 Å². The van der Waals surface area contributed by atoms with Gasteiger partial charge in [-0.25, -0.2) is 4.39 Å². The molecule has 0 aromatic heterocycles. The van der Waals surface area contributed by atoms with E-state index in [-0.39, 0.29) is 17.3 Å². The highest BCUT2D eigenvalue weighted by Crippen LogP contribution is 2.34. The molecule has 1 aromatic carbocycles. The van der Waals surface area contributed by atoms with Crippen molar-refractivity contribution < 1.29 is 18.7 Å². The van der Waals surface area contributed by atoms with E-state index < -0.39 is 5.82 Å². The maximum atomic E-state index is 13.9. The first-order chi connectivity index (χ1) is 8.67. The number of hydrogen-bond acceptors (Lipinski definition) is 3. The Morgan fingerprint density at radius 2 is 1.72 bits per heavy atom. The number of Topliss-reactive ketones (excluding diaryl/α,β-unsaturated/α-hetero) is 1. The monoisotopic (exact) mass is 252 g/mol. The molecule has 0 unspecified atom stereocenters. The highest BCUT2D eigenvalue weighted by Gasteiger charge is 2.27. The summed E-state index contributed by atoms with van der Waals surface area (Å²) in [7, 11) is 2.91. The SMILES string of the molecule is COc1cc(F)c(C(=O)C2CCCC2)cc1OC. The third-order valence-corrected chi connectivity index (χ3v) is 3.46. The van der Waals surface area contributed by atoms with Crippen LogP contribution in [-0.4, -0.2) is 20.0 Å². The molecule has 0 spiro atoms. The molecule has 1 saturated carbocycles. The number of halogens is 1. The molecule has 3 nitrogen and oxygen atoms in total. The fourth-order valence-electron chi connectivity index (χ4n) is 2.45. The highest BCUT2D eigenvalue weighted by atomic mass is 19.1. The lowest BCUT2D eigenvalue weighted by molar-refractivity contribution is 0.0918. The number of ether oxygens (including phenoxy) is 2. The highest BCUT2D eigenvalue weighted by molar-refractivity contribution is 5.98. The van der Waals surface area contributed by atoms with Crippen LogP contribution in [0.15, 0.2) is 12.1 Å². The van der Waals surface area contributed by atoms with Crippen molar-refractivity contribution in [2.75, 3.05) is 14.2 Å². The summed E-state index contributed by atoms with van der Waals surface area (Å²) < 4.78 is 24.0. The Balaban J connectivity index is 2.34. The number of methoxy groups -OCH3 is 2. The molecule has 18 heavy (non-hydrogen) atoms. The van der Waals surface area contributed by atoms with Gasteiger partial charge in [0.15, 0.2) is 17.3 Å². The quantitative estimate of drug-likeness (QED) is 0.772. The predicted molar refractivity (Wildman–Crippen MR) is 65.8 cm³/mol. The smallest absolute Gasteiger partial charge is 0.169 e. The summed E-state index contributed by atoms with van der Waals surface area (Å²) in [4.78, 5) is 12.2. The van der Waals surface area contributed by atoms with E-state index in [0.717, 1.165) is 25.7 Å². The van der Waals surface area contributed by atoms with Crippen LogP contribution in [0.3, 0.4) is 0 Å². The second-order valence-corrected chi connectivity index (χ2v) is 4.53. The summed E-state index contributed by atoms with van der Waals surface area (Å²) in [6.07, 6.45) is 3.80. The Morgan fingerprint density at radius 3 is 2.28 bits per heavy atom. The molecule has 0 N–H and O–H groups in total. The second kappa shape index (κ2) is 5.38. The van der Waals surface area contributed by atoms with Gasteiger partial charge in [0, 0.05) is 12.0 Å². The Kier molecular flexibility index (Phi) is 3.84. The molecule has 0 atom stereocenters. The number of rotatable bonds is 4. The largest absolute Gasteiger partial charge is 0.493 e. The third kappa shape index (κ3) is 2.33. The minimum atomic E-state index is -0.537. The van der Waals surface area contributed by atoms with Gasteiger partial charge in [-0.05, 0) is 18.9 Å². The molecular weight excluding hydrogens is 235 g/mol. The number of carbonyl (C=O) groups excluding carboxylic acids is 1. The summed E-state index contributed by atoms with van der Waals surface area (Å²) in [6.45, 7) is 0. The van der Waals surface area contributed by atoms with Gasteiger partial charge in [0.1, 0.15) is 5.82 Å². The summed E-state index contributed by atoms with van der Waals surface area (Å²) in [5.74, 6) is -0.00803. The second-order valence-electron chi connectivity index (χ2n) is 4.53. The van der Waals surface area contributed by atoms with Crippen LogP contribution >= 0.6 is 0 Å². The van der Waals surface area contributed by atoms with Gasteiger partial charge in [-0.2, -0.15) is 0 Å². The van der Waals surface area contributed by atoms with E-state index in [4.69, 9.17) is 9.47 Å². The normalized spacial score (nSPS) is 15.7. The van der Waals surface area contributed by atoms with Crippen molar-refractivity contribution in [1.29, 1.82) is 0 Å². The zero-order chi connectivity index (χ0) is 13.1. The molecule has 1 fully saturated rings.